The van der Waals surface area contributed by atoms with Gasteiger partial charge >= 0.3 is 57.2 Å². The molecule has 24 heavy (non-hydrogen) atoms. The van der Waals surface area contributed by atoms with Crippen LogP contribution in [-0.4, -0.2) is 21.1 Å². The molecule has 0 N–H and O–H groups in total. The number of hydrogen-bond acceptors (Lipinski definition) is 0. The molecule has 0 nitrogen and oxygen atoms in total. The normalized spacial score (nSPS) is 9.67. The van der Waals surface area contributed by atoms with Gasteiger partial charge in [-0.15, -0.1) is 0 Å². The van der Waals surface area contributed by atoms with E-state index < -0.39 is 0 Å². The van der Waals surface area contributed by atoms with E-state index in [0.717, 1.165) is 0 Å². The van der Waals surface area contributed by atoms with Gasteiger partial charge in [-0.25, -0.2) is 24.3 Å². The van der Waals surface area contributed by atoms with Crippen molar-refractivity contribution in [2.45, 2.75) is 62.3 Å². The Hall–Kier alpha value is 0.962. The summed E-state index contributed by atoms with van der Waals surface area (Å²) in [7, 11) is 0. The topological polar surface area (TPSA) is 0 Å². The minimum atomic E-state index is 0. The molecule has 0 heterocycles. The van der Waals surface area contributed by atoms with E-state index in [9.17, 15) is 0 Å². The monoisotopic (exact) mass is 553 g/mol. The summed E-state index contributed by atoms with van der Waals surface area (Å²) in [4.78, 5) is 4.63. The molecule has 0 saturated carbocycles. The summed E-state index contributed by atoms with van der Waals surface area (Å²) < 4.78 is 0. The van der Waals surface area contributed by atoms with Gasteiger partial charge in [0, 0.05) is 0 Å². The van der Waals surface area contributed by atoms with Crippen LogP contribution in [0.2, 0.25) is 9.88 Å². The van der Waals surface area contributed by atoms with Crippen LogP contribution in [-0.2, 0) is 37.0 Å². The molecule has 0 amide bonds. The third-order valence-corrected chi connectivity index (χ3v) is 3.06. The third-order valence-electron chi connectivity index (χ3n) is 3.06. The van der Waals surface area contributed by atoms with Gasteiger partial charge < -0.3 is 24.8 Å². The summed E-state index contributed by atoms with van der Waals surface area (Å²) in [5.74, 6) is 0. The Morgan fingerprint density at radius 1 is 0.583 bits per heavy atom. The Labute approximate surface area is 192 Å². The third kappa shape index (κ3) is 15.2. The first-order valence-electron chi connectivity index (χ1n) is 7.81. The van der Waals surface area contributed by atoms with Crippen LogP contribution >= 0.6 is 0 Å². The molecular formula is C20H33Cl2SnZr. The Morgan fingerprint density at radius 3 is 0.833 bits per heavy atom. The summed E-state index contributed by atoms with van der Waals surface area (Å²) >= 11 is 0.110. The zero-order valence-corrected chi connectivity index (χ0v) is 23.7. The minimum absolute atomic E-state index is 0. The SMILES string of the molecule is CC(C)(C)[c-]1cccc1.CC(C)(C)[c-]1cccc1.[CH3][SnH][CH3].[Cl-].[Cl-].[Zr+4]. The van der Waals surface area contributed by atoms with Crippen LogP contribution in [0.5, 0.6) is 0 Å². The van der Waals surface area contributed by atoms with Crippen LogP contribution in [0.15, 0.2) is 48.5 Å². The van der Waals surface area contributed by atoms with Crippen molar-refractivity contribution >= 4 is 21.1 Å². The van der Waals surface area contributed by atoms with Crippen molar-refractivity contribution in [2.24, 2.45) is 0 Å². The first kappa shape index (κ1) is 32.6. The predicted octanol–water partition coefficient (Wildman–Crippen LogP) is -0.0694. The maximum absolute atomic E-state index is 2.32. The van der Waals surface area contributed by atoms with Crippen molar-refractivity contribution in [3.8, 4) is 0 Å². The van der Waals surface area contributed by atoms with E-state index >= 15 is 0 Å². The van der Waals surface area contributed by atoms with E-state index in [1.54, 1.807) is 0 Å². The van der Waals surface area contributed by atoms with Crippen LogP contribution in [0, 0.1) is 0 Å². The molecule has 4 heteroatoms. The van der Waals surface area contributed by atoms with Gasteiger partial charge in [0.15, 0.2) is 0 Å². The van der Waals surface area contributed by atoms with Crippen molar-refractivity contribution in [3.63, 3.8) is 0 Å². The summed E-state index contributed by atoms with van der Waals surface area (Å²) in [5, 5.41) is 0. The molecule has 0 aromatic heterocycles. The summed E-state index contributed by atoms with van der Waals surface area (Å²) in [6, 6.07) is 17.0. The van der Waals surface area contributed by atoms with E-state index in [2.05, 4.69) is 100.0 Å². The van der Waals surface area contributed by atoms with E-state index in [1.807, 2.05) is 0 Å². The van der Waals surface area contributed by atoms with Gasteiger partial charge in [0.2, 0.25) is 0 Å². The summed E-state index contributed by atoms with van der Waals surface area (Å²) in [6.07, 6.45) is 0. The molecule has 0 spiro atoms. The maximum Gasteiger partial charge on any atom is 4.00 e. The molecule has 135 valence electrons. The van der Waals surface area contributed by atoms with Crippen molar-refractivity contribution < 1.29 is 51.0 Å². The van der Waals surface area contributed by atoms with Gasteiger partial charge in [-0.2, -0.15) is 35.4 Å². The van der Waals surface area contributed by atoms with Crippen LogP contribution in [0.4, 0.5) is 0 Å². The molecule has 2 aromatic rings. The zero-order valence-electron chi connectivity index (χ0n) is 16.5. The number of hydrogen-bond donors (Lipinski definition) is 0. The molecule has 0 unspecified atom stereocenters. The Kier molecular flexibility index (Phi) is 22.0. The smallest absolute Gasteiger partial charge is 1.00 e. The number of rotatable bonds is 0. The largest absolute Gasteiger partial charge is 4.00 e. The van der Waals surface area contributed by atoms with Gasteiger partial charge in [-0.05, 0) is 0 Å². The fraction of sp³-hybridized carbons (Fsp3) is 0.500. The Balaban J connectivity index is -0.000000130. The maximum atomic E-state index is 2.32. The molecule has 0 aliphatic heterocycles. The molecule has 1 radical (unpaired) electrons. The van der Waals surface area contributed by atoms with Gasteiger partial charge in [0.05, 0.1) is 0 Å². The average molecular weight is 554 g/mol. The molecule has 0 saturated heterocycles. The first-order valence-corrected chi connectivity index (χ1v) is 14.4. The fourth-order valence-corrected chi connectivity index (χ4v) is 1.75. The first-order chi connectivity index (χ1) is 9.62. The van der Waals surface area contributed by atoms with Gasteiger partial charge in [-0.3, -0.25) is 0 Å². The van der Waals surface area contributed by atoms with E-state index in [1.165, 1.54) is 11.1 Å². The Bertz CT molecular complexity index is 405. The van der Waals surface area contributed by atoms with Crippen molar-refractivity contribution in [3.05, 3.63) is 59.7 Å². The Morgan fingerprint density at radius 2 is 0.750 bits per heavy atom. The van der Waals surface area contributed by atoms with Gasteiger partial charge in [0.25, 0.3) is 0 Å². The molecule has 0 aliphatic carbocycles. The van der Waals surface area contributed by atoms with E-state index in [-0.39, 0.29) is 72.2 Å². The fourth-order valence-electron chi connectivity index (χ4n) is 1.75. The van der Waals surface area contributed by atoms with Crippen molar-refractivity contribution in [1.82, 2.24) is 0 Å². The van der Waals surface area contributed by atoms with Crippen molar-refractivity contribution in [2.75, 3.05) is 0 Å². The van der Waals surface area contributed by atoms with Gasteiger partial charge in [-0.1, -0.05) is 52.4 Å². The molecule has 0 aliphatic rings. The molecule has 2 rings (SSSR count). The molecule has 2 aromatic carbocycles. The van der Waals surface area contributed by atoms with Gasteiger partial charge in [0.1, 0.15) is 0 Å². The average Bonchev–Trinajstić information content (AvgIpc) is 3.03. The zero-order chi connectivity index (χ0) is 16.5. The van der Waals surface area contributed by atoms with Crippen LogP contribution < -0.4 is 24.8 Å². The summed E-state index contributed by atoms with van der Waals surface area (Å²) in [6.45, 7) is 13.3. The second-order valence-electron chi connectivity index (χ2n) is 7.42. The van der Waals surface area contributed by atoms with Crippen LogP contribution in [0.1, 0.15) is 52.7 Å². The second-order valence-corrected chi connectivity index (χ2v) is 10.7. The van der Waals surface area contributed by atoms with Crippen molar-refractivity contribution in [1.29, 1.82) is 0 Å². The quantitative estimate of drug-likeness (QED) is 0.316. The standard InChI is InChI=1S/2C9H13.2CH3.2ClH.Sn.Zr.H/c2*1-9(2,3)8-6-4-5-7-8;;;;;;;/h2*4-7H,1-3H3;2*1H3;2*1H;;;/q2*-1;;;;;;+4;/p-2. The molecule has 0 atom stereocenters. The van der Waals surface area contributed by atoms with Crippen LogP contribution in [0.25, 0.3) is 0 Å². The molecular weight excluding hydrogens is 521 g/mol. The molecule has 0 fully saturated rings. The van der Waals surface area contributed by atoms with Crippen LogP contribution in [0.3, 0.4) is 0 Å². The minimum Gasteiger partial charge on any atom is -1.00 e. The second kappa shape index (κ2) is 16.2. The molecule has 0 bridgehead atoms. The van der Waals surface area contributed by atoms with E-state index in [4.69, 9.17) is 0 Å². The van der Waals surface area contributed by atoms with E-state index in [0.29, 0.717) is 10.8 Å². The summed E-state index contributed by atoms with van der Waals surface area (Å²) in [5.41, 5.74) is 3.48. The number of halogens is 2. The predicted molar refractivity (Wildman–Crippen MR) is 100 cm³/mol.